The summed E-state index contributed by atoms with van der Waals surface area (Å²) in [5.41, 5.74) is 5.65. The first-order chi connectivity index (χ1) is 23.3. The minimum absolute atomic E-state index is 0.197. The lowest BCUT2D eigenvalue weighted by Crippen LogP contribution is -2.14. The van der Waals surface area contributed by atoms with Gasteiger partial charge in [0.15, 0.2) is 0 Å². The van der Waals surface area contributed by atoms with Crippen LogP contribution in [0.15, 0.2) is 149 Å². The molecule has 0 amide bonds. The zero-order valence-electron chi connectivity index (χ0n) is 25.7. The van der Waals surface area contributed by atoms with Crippen LogP contribution in [0.2, 0.25) is 0 Å². The van der Waals surface area contributed by atoms with Crippen LogP contribution in [0.3, 0.4) is 0 Å². The molecule has 48 heavy (non-hydrogen) atoms. The van der Waals surface area contributed by atoms with Crippen LogP contribution in [0.5, 0.6) is 0 Å². The molecule has 0 N–H and O–H groups in total. The summed E-state index contributed by atoms with van der Waals surface area (Å²) in [6.07, 6.45) is 0. The first kappa shape index (κ1) is 28.9. The van der Waals surface area contributed by atoms with Gasteiger partial charge in [-0.25, -0.2) is 16.8 Å². The van der Waals surface area contributed by atoms with E-state index in [1.165, 1.54) is 10.0 Å². The average Bonchev–Trinajstić information content (AvgIpc) is 3.62. The van der Waals surface area contributed by atoms with Crippen LogP contribution in [-0.4, -0.2) is 17.0 Å². The van der Waals surface area contributed by atoms with Gasteiger partial charge >= 0.3 is 0 Å². The van der Waals surface area contributed by atoms with Crippen molar-refractivity contribution in [3.8, 4) is 16.8 Å². The summed E-state index contributed by atoms with van der Waals surface area (Å²) in [5.74, 6) is -0.327. The van der Waals surface area contributed by atoms with Crippen LogP contribution < -0.4 is 0 Å². The van der Waals surface area contributed by atoms with Crippen LogP contribution in [-0.2, 0) is 10.0 Å². The first-order valence-electron chi connectivity index (χ1n) is 15.6. The van der Waals surface area contributed by atoms with E-state index in [9.17, 15) is 8.42 Å². The highest BCUT2D eigenvalue weighted by atomic mass is 79.9. The normalized spacial score (nSPS) is 12.2. The summed E-state index contributed by atoms with van der Waals surface area (Å²) in [4.78, 5) is 0.197. The van der Waals surface area contributed by atoms with Crippen LogP contribution in [0.1, 0.15) is 5.56 Å². The van der Waals surface area contributed by atoms with Crippen LogP contribution in [0.25, 0.3) is 71.2 Å². The van der Waals surface area contributed by atoms with E-state index in [-0.39, 0.29) is 10.7 Å². The van der Waals surface area contributed by atoms with E-state index in [1.807, 2.05) is 97.9 Å². The minimum Gasteiger partial charge on any atom is -0.306 e. The summed E-state index contributed by atoms with van der Waals surface area (Å²) < 4.78 is 49.9. The summed E-state index contributed by atoms with van der Waals surface area (Å²) >= 11 is 3.66. The molecule has 232 valence electrons. The smallest absolute Gasteiger partial charge is 0.268 e. The Morgan fingerprint density at radius 2 is 1.29 bits per heavy atom. The zero-order chi connectivity index (χ0) is 32.7. The molecule has 0 unspecified atom stereocenters. The third-order valence-corrected chi connectivity index (χ3v) is 11.5. The summed E-state index contributed by atoms with van der Waals surface area (Å²) in [6, 6.07) is 43.6. The fraction of sp³-hybridized carbons (Fsp3) is 0.0244. The van der Waals surface area contributed by atoms with E-state index in [1.54, 1.807) is 24.3 Å². The predicted molar refractivity (Wildman–Crippen MR) is 198 cm³/mol. The zero-order valence-corrected chi connectivity index (χ0v) is 28.1. The van der Waals surface area contributed by atoms with Gasteiger partial charge < -0.3 is 4.57 Å². The minimum atomic E-state index is -4.11. The molecular weight excluding hydrogens is 683 g/mol. The molecule has 0 aliphatic carbocycles. The Hall–Kier alpha value is -5.24. The molecule has 0 fully saturated rings. The molecule has 4 nitrogen and oxygen atoms in total. The molecule has 0 atom stereocenters. The molecule has 0 aliphatic rings. The van der Waals surface area contributed by atoms with Crippen LogP contribution in [0.4, 0.5) is 4.39 Å². The molecule has 2 aromatic heterocycles. The van der Waals surface area contributed by atoms with Crippen molar-refractivity contribution in [3.63, 3.8) is 0 Å². The second-order valence-corrected chi connectivity index (χ2v) is 14.8. The molecule has 9 aromatic rings. The second-order valence-electron chi connectivity index (χ2n) is 12.1. The number of aryl methyl sites for hydroxylation is 1. The Balaban J connectivity index is 1.56. The highest BCUT2D eigenvalue weighted by Gasteiger charge is 2.29. The van der Waals surface area contributed by atoms with Gasteiger partial charge in [-0.1, -0.05) is 112 Å². The lowest BCUT2D eigenvalue weighted by atomic mass is 10.0. The molecule has 0 radical (unpaired) electrons. The van der Waals surface area contributed by atoms with Gasteiger partial charge in [0.2, 0.25) is 0 Å². The van der Waals surface area contributed by atoms with E-state index < -0.39 is 10.0 Å². The number of hydrogen-bond donors (Lipinski definition) is 0. The van der Waals surface area contributed by atoms with E-state index in [0.717, 1.165) is 59.0 Å². The van der Waals surface area contributed by atoms with Crippen LogP contribution in [0, 0.1) is 12.7 Å². The van der Waals surface area contributed by atoms with Crippen molar-refractivity contribution in [2.75, 3.05) is 0 Å². The topological polar surface area (TPSA) is 44.0 Å². The van der Waals surface area contributed by atoms with Gasteiger partial charge in [-0.2, -0.15) is 0 Å². The Morgan fingerprint density at radius 3 is 2.10 bits per heavy atom. The Morgan fingerprint density at radius 1 is 0.604 bits per heavy atom. The summed E-state index contributed by atoms with van der Waals surface area (Å²) in [6.45, 7) is 1.94. The van der Waals surface area contributed by atoms with Gasteiger partial charge in [-0.05, 0) is 66.2 Å². The van der Waals surface area contributed by atoms with Crippen molar-refractivity contribution in [3.05, 3.63) is 155 Å². The monoisotopic (exact) mass is 708 g/mol. The Bertz CT molecular complexity index is 2890. The molecule has 0 bridgehead atoms. The number of nitrogens with zero attached hydrogens (tertiary/aromatic N) is 2. The Labute approximate surface area is 284 Å². The number of fused-ring (bicyclic) bond motifs is 8. The molecule has 7 aromatic carbocycles. The van der Waals surface area contributed by atoms with Gasteiger partial charge in [-0.15, -0.1) is 0 Å². The average molecular weight is 710 g/mol. The highest BCUT2D eigenvalue weighted by Crippen LogP contribution is 2.45. The van der Waals surface area contributed by atoms with Crippen molar-refractivity contribution in [2.45, 2.75) is 11.8 Å². The third-order valence-electron chi connectivity index (χ3n) is 9.31. The van der Waals surface area contributed by atoms with Crippen molar-refractivity contribution in [1.29, 1.82) is 0 Å². The van der Waals surface area contributed by atoms with Crippen molar-refractivity contribution in [2.24, 2.45) is 0 Å². The molecule has 0 saturated carbocycles. The summed E-state index contributed by atoms with van der Waals surface area (Å²) in [5, 5.41) is 5.46. The fourth-order valence-electron chi connectivity index (χ4n) is 7.21. The molecule has 9 rings (SSSR count). The van der Waals surface area contributed by atoms with Gasteiger partial charge in [0.05, 0.1) is 32.6 Å². The molecule has 0 aliphatic heterocycles. The number of rotatable bonds is 4. The maximum atomic E-state index is 15.6. The number of para-hydroxylation sites is 2. The van der Waals surface area contributed by atoms with E-state index in [4.69, 9.17) is 0 Å². The van der Waals surface area contributed by atoms with Gasteiger partial charge in [0, 0.05) is 37.1 Å². The highest BCUT2D eigenvalue weighted by molar-refractivity contribution is 9.10. The van der Waals surface area contributed by atoms with E-state index >= 15 is 4.39 Å². The van der Waals surface area contributed by atoms with Crippen molar-refractivity contribution in [1.82, 2.24) is 8.54 Å². The van der Waals surface area contributed by atoms with Crippen molar-refractivity contribution >= 4 is 80.3 Å². The van der Waals surface area contributed by atoms with Crippen molar-refractivity contribution < 1.29 is 12.8 Å². The maximum absolute atomic E-state index is 15.6. The third kappa shape index (κ3) is 4.14. The molecule has 0 spiro atoms. The lowest BCUT2D eigenvalue weighted by molar-refractivity contribution is 0.590. The quantitative estimate of drug-likeness (QED) is 0.183. The standard InChI is InChI=1S/C41H26BrFN2O2S/c1-25-17-20-28(21-18-25)48(46,47)45-37-22-19-27(42)24-34(37)39-29-10-3-2-9-26(29)23-38(41(39)45)44-36-16-7-5-12-31(36)33-14-8-13-32(40(33)44)30-11-4-6-15-35(30)43/h2-24H,1H3. The van der Waals surface area contributed by atoms with Crippen LogP contribution >= 0.6 is 15.9 Å². The largest absolute Gasteiger partial charge is 0.306 e. The number of hydrogen-bond acceptors (Lipinski definition) is 2. The lowest BCUT2D eigenvalue weighted by Gasteiger charge is -2.17. The van der Waals surface area contributed by atoms with E-state index in [0.29, 0.717) is 22.3 Å². The Kier molecular flexibility index (Phi) is 6.41. The van der Waals surface area contributed by atoms with Gasteiger partial charge in [-0.3, -0.25) is 0 Å². The number of aromatic nitrogens is 2. The van der Waals surface area contributed by atoms with E-state index in [2.05, 4.69) is 38.7 Å². The molecule has 0 saturated heterocycles. The maximum Gasteiger partial charge on any atom is 0.268 e. The number of halogens is 2. The van der Waals surface area contributed by atoms with Gasteiger partial charge in [0.25, 0.3) is 10.0 Å². The first-order valence-corrected chi connectivity index (χ1v) is 17.8. The fourth-order valence-corrected chi connectivity index (χ4v) is 9.10. The molecular formula is C41H26BrFN2O2S. The SMILES string of the molecule is Cc1ccc(S(=O)(=O)n2c3ccc(Br)cc3c3c4ccccc4cc(-n4c5ccccc5c5cccc(-c6ccccc6F)c54)c32)cc1. The number of benzene rings is 7. The molecule has 2 heterocycles. The predicted octanol–water partition coefficient (Wildman–Crippen LogP) is 11.2. The van der Waals surface area contributed by atoms with Gasteiger partial charge in [0.1, 0.15) is 5.82 Å². The summed E-state index contributed by atoms with van der Waals surface area (Å²) in [7, 11) is -4.11. The second kappa shape index (κ2) is 10.6. The molecule has 7 heteroatoms.